The van der Waals surface area contributed by atoms with Crippen molar-refractivity contribution in [2.24, 2.45) is 11.8 Å². The molecule has 1 saturated heterocycles. The SMILES string of the molecule is CC1C(C)C12OB(/C=C/CCNC(=O)OC(C)(C)C)OC2(C)C. The number of ether oxygens (including phenoxy) is 1. The Morgan fingerprint density at radius 1 is 1.26 bits per heavy atom. The van der Waals surface area contributed by atoms with Crippen LogP contribution in [0.15, 0.2) is 12.1 Å². The van der Waals surface area contributed by atoms with Gasteiger partial charge in [-0.2, -0.15) is 0 Å². The number of hydrogen-bond acceptors (Lipinski definition) is 4. The van der Waals surface area contributed by atoms with Crippen molar-refractivity contribution in [1.82, 2.24) is 5.32 Å². The molecule has 0 aromatic heterocycles. The summed E-state index contributed by atoms with van der Waals surface area (Å²) in [6.45, 7) is 14.7. The smallest absolute Gasteiger partial charge is 0.444 e. The summed E-state index contributed by atoms with van der Waals surface area (Å²) in [6.07, 6.45) is 2.30. The van der Waals surface area contributed by atoms with Crippen LogP contribution in [0.5, 0.6) is 0 Å². The van der Waals surface area contributed by atoms with Crippen LogP contribution >= 0.6 is 0 Å². The maximum atomic E-state index is 11.5. The van der Waals surface area contributed by atoms with Crippen LogP contribution in [0.4, 0.5) is 4.79 Å². The second-order valence-corrected chi connectivity index (χ2v) is 8.13. The molecule has 2 rings (SSSR count). The molecule has 5 nitrogen and oxygen atoms in total. The Labute approximate surface area is 140 Å². The molecule has 1 aliphatic heterocycles. The number of nitrogens with one attached hydrogen (secondary N) is 1. The molecular formula is C17H30BNO4. The Morgan fingerprint density at radius 2 is 1.87 bits per heavy atom. The van der Waals surface area contributed by atoms with Gasteiger partial charge in [0.05, 0.1) is 11.2 Å². The van der Waals surface area contributed by atoms with E-state index in [4.69, 9.17) is 14.0 Å². The minimum atomic E-state index is -0.469. The van der Waals surface area contributed by atoms with Gasteiger partial charge in [-0.15, -0.1) is 0 Å². The molecule has 1 spiro atoms. The van der Waals surface area contributed by atoms with Crippen LogP contribution in [0.3, 0.4) is 0 Å². The third-order valence-electron chi connectivity index (χ3n) is 4.93. The van der Waals surface area contributed by atoms with Crippen molar-refractivity contribution in [2.45, 2.75) is 71.7 Å². The zero-order valence-corrected chi connectivity index (χ0v) is 15.4. The predicted octanol–water partition coefficient (Wildman–Crippen LogP) is 3.33. The van der Waals surface area contributed by atoms with Crippen molar-refractivity contribution < 1.29 is 18.8 Å². The minimum Gasteiger partial charge on any atom is -0.444 e. The monoisotopic (exact) mass is 323 g/mol. The van der Waals surface area contributed by atoms with E-state index in [0.717, 1.165) is 0 Å². The lowest BCUT2D eigenvalue weighted by molar-refractivity contribution is 0.0364. The van der Waals surface area contributed by atoms with Crippen molar-refractivity contribution in [3.8, 4) is 0 Å². The van der Waals surface area contributed by atoms with E-state index in [2.05, 4.69) is 33.0 Å². The van der Waals surface area contributed by atoms with Gasteiger partial charge in [0, 0.05) is 6.54 Å². The largest absolute Gasteiger partial charge is 0.486 e. The molecule has 1 aliphatic carbocycles. The summed E-state index contributed by atoms with van der Waals surface area (Å²) >= 11 is 0. The van der Waals surface area contributed by atoms with Crippen molar-refractivity contribution in [3.63, 3.8) is 0 Å². The number of alkyl carbamates (subject to hydrolysis) is 1. The Balaban J connectivity index is 1.73. The topological polar surface area (TPSA) is 56.8 Å². The Morgan fingerprint density at radius 3 is 2.35 bits per heavy atom. The molecule has 0 bridgehead atoms. The summed E-state index contributed by atoms with van der Waals surface area (Å²) in [6, 6.07) is 0. The zero-order valence-electron chi connectivity index (χ0n) is 15.4. The van der Waals surface area contributed by atoms with Gasteiger partial charge in [-0.25, -0.2) is 4.79 Å². The molecule has 2 unspecified atom stereocenters. The zero-order chi connectivity index (χ0) is 17.5. The van der Waals surface area contributed by atoms with Crippen LogP contribution in [0.1, 0.15) is 54.9 Å². The summed E-state index contributed by atoms with van der Waals surface area (Å²) < 4.78 is 17.4. The van der Waals surface area contributed by atoms with Crippen LogP contribution < -0.4 is 5.32 Å². The fourth-order valence-corrected chi connectivity index (χ4v) is 3.65. The van der Waals surface area contributed by atoms with E-state index in [-0.39, 0.29) is 24.4 Å². The number of carbonyl (C=O) groups is 1. The lowest BCUT2D eigenvalue weighted by Gasteiger charge is -2.26. The van der Waals surface area contributed by atoms with Gasteiger partial charge in [-0.1, -0.05) is 25.9 Å². The van der Waals surface area contributed by atoms with Gasteiger partial charge in [0.15, 0.2) is 0 Å². The van der Waals surface area contributed by atoms with Crippen molar-refractivity contribution >= 4 is 13.2 Å². The molecule has 0 aromatic carbocycles. The van der Waals surface area contributed by atoms with E-state index in [1.165, 1.54) is 0 Å². The van der Waals surface area contributed by atoms with Crippen LogP contribution in [0.25, 0.3) is 0 Å². The van der Waals surface area contributed by atoms with E-state index in [1.807, 2.05) is 32.8 Å². The summed E-state index contributed by atoms with van der Waals surface area (Å²) in [4.78, 5) is 11.5. The van der Waals surface area contributed by atoms with Crippen LogP contribution in [0.2, 0.25) is 0 Å². The highest BCUT2D eigenvalue weighted by Crippen LogP contribution is 2.63. The Kier molecular flexibility index (Phi) is 4.89. The van der Waals surface area contributed by atoms with E-state index in [1.54, 1.807) is 0 Å². The van der Waals surface area contributed by atoms with Gasteiger partial charge >= 0.3 is 13.2 Å². The number of amides is 1. The molecule has 1 heterocycles. The van der Waals surface area contributed by atoms with Gasteiger partial charge < -0.3 is 19.4 Å². The maximum Gasteiger partial charge on any atom is 0.486 e. The number of rotatable bonds is 4. The molecule has 1 N–H and O–H groups in total. The predicted molar refractivity (Wildman–Crippen MR) is 91.1 cm³/mol. The van der Waals surface area contributed by atoms with Gasteiger partial charge in [0.1, 0.15) is 5.60 Å². The maximum absolute atomic E-state index is 11.5. The Hall–Kier alpha value is -1.01. The molecule has 23 heavy (non-hydrogen) atoms. The third kappa shape index (κ3) is 3.74. The van der Waals surface area contributed by atoms with Crippen LogP contribution in [0, 0.1) is 11.8 Å². The fourth-order valence-electron chi connectivity index (χ4n) is 3.65. The summed E-state index contributed by atoms with van der Waals surface area (Å²) in [5.74, 6) is 2.97. The molecule has 2 atom stereocenters. The lowest BCUT2D eigenvalue weighted by atomic mass is 9.90. The second-order valence-electron chi connectivity index (χ2n) is 8.13. The van der Waals surface area contributed by atoms with E-state index in [0.29, 0.717) is 24.8 Å². The molecule has 130 valence electrons. The number of carbonyl (C=O) groups excluding carboxylic acids is 1. The first-order chi connectivity index (χ1) is 10.5. The highest BCUT2D eigenvalue weighted by atomic mass is 16.7. The molecule has 2 fully saturated rings. The standard InChI is InChI=1S/C17H30BNO4/c1-12-13(2)17(12)16(6,7)22-18(23-17)10-8-9-11-19-14(20)21-15(3,4)5/h8,10,12-13H,9,11H2,1-7H3,(H,19,20)/b10-8+. The van der Waals surface area contributed by atoms with Crippen molar-refractivity contribution in [2.75, 3.05) is 6.54 Å². The molecule has 0 radical (unpaired) electrons. The number of hydrogen-bond donors (Lipinski definition) is 1. The molecule has 1 amide bonds. The van der Waals surface area contributed by atoms with E-state index < -0.39 is 5.60 Å². The summed E-state index contributed by atoms with van der Waals surface area (Å²) in [5, 5.41) is 2.73. The summed E-state index contributed by atoms with van der Waals surface area (Å²) in [5.41, 5.74) is -0.893. The molecular weight excluding hydrogens is 293 g/mol. The van der Waals surface area contributed by atoms with E-state index in [9.17, 15) is 4.79 Å². The lowest BCUT2D eigenvalue weighted by Crippen LogP contribution is -2.37. The summed E-state index contributed by atoms with van der Waals surface area (Å²) in [7, 11) is -0.307. The first-order valence-electron chi connectivity index (χ1n) is 8.49. The first-order valence-corrected chi connectivity index (χ1v) is 8.49. The second kappa shape index (κ2) is 6.13. The minimum absolute atomic E-state index is 0.156. The van der Waals surface area contributed by atoms with Crippen molar-refractivity contribution in [1.29, 1.82) is 0 Å². The van der Waals surface area contributed by atoms with Gasteiger partial charge in [0.25, 0.3) is 0 Å². The Bertz CT molecular complexity index is 475. The quantitative estimate of drug-likeness (QED) is 0.637. The van der Waals surface area contributed by atoms with E-state index >= 15 is 0 Å². The van der Waals surface area contributed by atoms with Crippen LogP contribution in [-0.4, -0.2) is 36.6 Å². The highest BCUT2D eigenvalue weighted by molar-refractivity contribution is 6.51. The van der Waals surface area contributed by atoms with Crippen LogP contribution in [-0.2, 0) is 14.0 Å². The third-order valence-corrected chi connectivity index (χ3v) is 4.93. The van der Waals surface area contributed by atoms with Crippen molar-refractivity contribution in [3.05, 3.63) is 12.1 Å². The molecule has 1 saturated carbocycles. The fraction of sp³-hybridized carbons (Fsp3) is 0.824. The average Bonchev–Trinajstić information content (AvgIpc) is 2.78. The first kappa shape index (κ1) is 18.3. The molecule has 6 heteroatoms. The van der Waals surface area contributed by atoms with Gasteiger partial charge in [0.2, 0.25) is 0 Å². The molecule has 2 aliphatic rings. The highest BCUT2D eigenvalue weighted by Gasteiger charge is 2.73. The average molecular weight is 323 g/mol. The van der Waals surface area contributed by atoms with Gasteiger partial charge in [-0.3, -0.25) is 0 Å². The van der Waals surface area contributed by atoms with Gasteiger partial charge in [-0.05, 0) is 52.9 Å². The normalized spacial score (nSPS) is 32.6. The molecule has 0 aromatic rings.